The average molecular weight is 459 g/mol. The van der Waals surface area contributed by atoms with Crippen LogP contribution in [0.3, 0.4) is 0 Å². The molecule has 3 aromatic rings. The first-order valence-electron chi connectivity index (χ1n) is 10.1. The molecule has 1 heterocycles. The minimum atomic E-state index is -4.58. The Kier molecular flexibility index (Phi) is 6.08. The van der Waals surface area contributed by atoms with Gasteiger partial charge in [-0.25, -0.2) is 14.8 Å². The van der Waals surface area contributed by atoms with Crippen LogP contribution in [0.4, 0.5) is 29.6 Å². The number of ether oxygens (including phenoxy) is 2. The molecule has 172 valence electrons. The van der Waals surface area contributed by atoms with Crippen LogP contribution in [-0.4, -0.2) is 27.8 Å². The van der Waals surface area contributed by atoms with Gasteiger partial charge in [-0.1, -0.05) is 12.1 Å². The molecule has 0 radical (unpaired) electrons. The molecule has 0 unspecified atom stereocenters. The van der Waals surface area contributed by atoms with Gasteiger partial charge in [0.25, 0.3) is 0 Å². The Bertz CT molecular complexity index is 1180. The molecule has 2 N–H and O–H groups in total. The van der Waals surface area contributed by atoms with E-state index >= 15 is 0 Å². The summed E-state index contributed by atoms with van der Waals surface area (Å²) in [6, 6.07) is 11.0. The molecule has 4 rings (SSSR count). The highest BCUT2D eigenvalue weighted by Crippen LogP contribution is 2.37. The first-order valence-corrected chi connectivity index (χ1v) is 10.1. The molecule has 1 aromatic heterocycles. The standard InChI is InChI=1S/C23H20F3N3O4/c1-13-8-16(10-17(9-13)28-21-27-7-6-20(29-21)23(24,25)26)15-4-5-18(32-12-14-2-3-14)19(11-15)33-22(30)31/h4-11,14H,2-3,12H2,1H3,(H,30,31)(H,27,28,29). The summed E-state index contributed by atoms with van der Waals surface area (Å²) in [6.45, 7) is 2.31. The Morgan fingerprint density at radius 1 is 1.12 bits per heavy atom. The number of carboxylic acid groups (broad SMARTS) is 1. The van der Waals surface area contributed by atoms with Gasteiger partial charge in [-0.3, -0.25) is 0 Å². The predicted octanol–water partition coefficient (Wildman–Crippen LogP) is 6.06. The number of halogens is 3. The first kappa shape index (κ1) is 22.4. The zero-order chi connectivity index (χ0) is 23.6. The molecular formula is C23H20F3N3O4. The lowest BCUT2D eigenvalue weighted by Gasteiger charge is -2.14. The molecule has 10 heteroatoms. The van der Waals surface area contributed by atoms with Crippen LogP contribution in [0.2, 0.25) is 0 Å². The molecule has 7 nitrogen and oxygen atoms in total. The van der Waals surface area contributed by atoms with Crippen LogP contribution < -0.4 is 14.8 Å². The predicted molar refractivity (Wildman–Crippen MR) is 114 cm³/mol. The van der Waals surface area contributed by atoms with Crippen molar-refractivity contribution in [3.8, 4) is 22.6 Å². The number of aryl methyl sites for hydroxylation is 1. The second-order valence-electron chi connectivity index (χ2n) is 7.76. The molecule has 2 aromatic carbocycles. The van der Waals surface area contributed by atoms with Crippen molar-refractivity contribution in [3.63, 3.8) is 0 Å². The largest absolute Gasteiger partial charge is 0.511 e. The fraction of sp³-hybridized carbons (Fsp3) is 0.261. The third-order valence-corrected chi connectivity index (χ3v) is 4.93. The molecule has 0 atom stereocenters. The lowest BCUT2D eigenvalue weighted by atomic mass is 10.0. The second kappa shape index (κ2) is 8.97. The van der Waals surface area contributed by atoms with Crippen LogP contribution in [-0.2, 0) is 6.18 Å². The highest BCUT2D eigenvalue weighted by molar-refractivity contribution is 5.74. The van der Waals surface area contributed by atoms with Gasteiger partial charge in [-0.05, 0) is 72.7 Å². The molecule has 1 saturated carbocycles. The maximum Gasteiger partial charge on any atom is 0.511 e. The summed E-state index contributed by atoms with van der Waals surface area (Å²) in [6.07, 6.45) is -2.84. The zero-order valence-corrected chi connectivity index (χ0v) is 17.5. The third kappa shape index (κ3) is 5.91. The van der Waals surface area contributed by atoms with Gasteiger partial charge in [-0.2, -0.15) is 13.2 Å². The number of benzene rings is 2. The molecule has 33 heavy (non-hydrogen) atoms. The quantitative estimate of drug-likeness (QED) is 0.328. The number of anilines is 2. The van der Waals surface area contributed by atoms with Crippen LogP contribution in [0.15, 0.2) is 48.7 Å². The van der Waals surface area contributed by atoms with Crippen LogP contribution in [0.5, 0.6) is 11.5 Å². The van der Waals surface area contributed by atoms with Gasteiger partial charge in [0, 0.05) is 11.9 Å². The lowest BCUT2D eigenvalue weighted by Crippen LogP contribution is -2.10. The Hall–Kier alpha value is -3.82. The van der Waals surface area contributed by atoms with Crippen molar-refractivity contribution in [2.75, 3.05) is 11.9 Å². The number of hydrogen-bond donors (Lipinski definition) is 2. The van der Waals surface area contributed by atoms with Crippen molar-refractivity contribution in [3.05, 3.63) is 59.9 Å². The SMILES string of the molecule is Cc1cc(Nc2nccc(C(F)(F)F)n2)cc(-c2ccc(OCC3CC3)c(OC(=O)O)c2)c1. The van der Waals surface area contributed by atoms with E-state index < -0.39 is 18.0 Å². The summed E-state index contributed by atoms with van der Waals surface area (Å²) >= 11 is 0. The fourth-order valence-corrected chi connectivity index (χ4v) is 3.20. The smallest absolute Gasteiger partial charge is 0.489 e. The van der Waals surface area contributed by atoms with Gasteiger partial charge >= 0.3 is 12.3 Å². The molecule has 0 spiro atoms. The number of hydrogen-bond acceptors (Lipinski definition) is 6. The van der Waals surface area contributed by atoms with E-state index in [-0.39, 0.29) is 11.7 Å². The van der Waals surface area contributed by atoms with Crippen molar-refractivity contribution < 1.29 is 32.5 Å². The number of alkyl halides is 3. The van der Waals surface area contributed by atoms with Crippen molar-refractivity contribution in [2.45, 2.75) is 25.9 Å². The van der Waals surface area contributed by atoms with Crippen LogP contribution in [0, 0.1) is 12.8 Å². The maximum absolute atomic E-state index is 12.9. The highest BCUT2D eigenvalue weighted by Gasteiger charge is 2.32. The van der Waals surface area contributed by atoms with Gasteiger partial charge < -0.3 is 19.9 Å². The molecule has 1 aliphatic carbocycles. The number of nitrogens with one attached hydrogen (secondary N) is 1. The Labute approximate surface area is 187 Å². The topological polar surface area (TPSA) is 93.6 Å². The third-order valence-electron chi connectivity index (χ3n) is 4.93. The number of nitrogens with zero attached hydrogens (tertiary/aromatic N) is 2. The van der Waals surface area contributed by atoms with E-state index in [1.54, 1.807) is 30.3 Å². The minimum absolute atomic E-state index is 0.0675. The molecule has 0 aliphatic heterocycles. The van der Waals surface area contributed by atoms with Crippen LogP contribution in [0.1, 0.15) is 24.1 Å². The highest BCUT2D eigenvalue weighted by atomic mass is 19.4. The zero-order valence-electron chi connectivity index (χ0n) is 17.5. The van der Waals surface area contributed by atoms with Gasteiger partial charge in [0.05, 0.1) is 6.61 Å². The van der Waals surface area contributed by atoms with E-state index in [1.165, 1.54) is 0 Å². The number of rotatable bonds is 7. The normalized spacial score (nSPS) is 13.5. The lowest BCUT2D eigenvalue weighted by molar-refractivity contribution is -0.141. The van der Waals surface area contributed by atoms with Gasteiger partial charge in [0.15, 0.2) is 11.5 Å². The molecule has 0 bridgehead atoms. The molecular weight excluding hydrogens is 439 g/mol. The van der Waals surface area contributed by atoms with Crippen LogP contribution >= 0.6 is 0 Å². The van der Waals surface area contributed by atoms with Crippen molar-refractivity contribution in [1.29, 1.82) is 0 Å². The summed E-state index contributed by atoms with van der Waals surface area (Å²) in [5.41, 5.74) is 1.57. The average Bonchev–Trinajstić information content (AvgIpc) is 3.56. The summed E-state index contributed by atoms with van der Waals surface area (Å²) in [5, 5.41) is 11.9. The molecule has 0 saturated heterocycles. The Morgan fingerprint density at radius 2 is 1.91 bits per heavy atom. The van der Waals surface area contributed by atoms with Gasteiger partial charge in [0.1, 0.15) is 5.69 Å². The van der Waals surface area contributed by atoms with E-state index in [0.717, 1.165) is 30.7 Å². The van der Waals surface area contributed by atoms with E-state index in [2.05, 4.69) is 15.3 Å². The second-order valence-corrected chi connectivity index (χ2v) is 7.76. The van der Waals surface area contributed by atoms with Gasteiger partial charge in [-0.15, -0.1) is 0 Å². The van der Waals surface area contributed by atoms with Crippen molar-refractivity contribution in [2.24, 2.45) is 5.92 Å². The minimum Gasteiger partial charge on any atom is -0.489 e. The fourth-order valence-electron chi connectivity index (χ4n) is 3.20. The van der Waals surface area contributed by atoms with Crippen molar-refractivity contribution >= 4 is 17.8 Å². The monoisotopic (exact) mass is 459 g/mol. The maximum atomic E-state index is 12.9. The Balaban J connectivity index is 1.62. The van der Waals surface area contributed by atoms with Crippen LogP contribution in [0.25, 0.3) is 11.1 Å². The molecule has 1 fully saturated rings. The first-order chi connectivity index (χ1) is 15.7. The summed E-state index contributed by atoms with van der Waals surface area (Å²) in [4.78, 5) is 18.5. The van der Waals surface area contributed by atoms with E-state index in [0.29, 0.717) is 35.1 Å². The molecule has 1 aliphatic rings. The summed E-state index contributed by atoms with van der Waals surface area (Å²) < 4.78 is 49.4. The van der Waals surface area contributed by atoms with Gasteiger partial charge in [0.2, 0.25) is 5.95 Å². The summed E-state index contributed by atoms with van der Waals surface area (Å²) in [7, 11) is 0. The number of carbonyl (C=O) groups is 1. The Morgan fingerprint density at radius 3 is 2.61 bits per heavy atom. The number of aromatic nitrogens is 2. The van der Waals surface area contributed by atoms with E-state index in [4.69, 9.17) is 14.6 Å². The van der Waals surface area contributed by atoms with E-state index in [9.17, 15) is 18.0 Å². The van der Waals surface area contributed by atoms with Crippen molar-refractivity contribution in [1.82, 2.24) is 9.97 Å². The van der Waals surface area contributed by atoms with E-state index in [1.807, 2.05) is 13.0 Å². The summed E-state index contributed by atoms with van der Waals surface area (Å²) in [5.74, 6) is 0.681. The molecule has 0 amide bonds.